The lowest BCUT2D eigenvalue weighted by Gasteiger charge is -2.11. The maximum Gasteiger partial charge on any atom is 0.136 e. The fourth-order valence-electron chi connectivity index (χ4n) is 1.17. The van der Waals surface area contributed by atoms with Gasteiger partial charge in [-0.1, -0.05) is 30.3 Å². The van der Waals surface area contributed by atoms with E-state index >= 15 is 0 Å². The molecule has 0 radical (unpaired) electrons. The maximum absolute atomic E-state index is 9.78. The molecule has 0 fully saturated rings. The first-order valence-corrected chi connectivity index (χ1v) is 4.67. The summed E-state index contributed by atoms with van der Waals surface area (Å²) in [6.07, 6.45) is -0.793. The summed E-state index contributed by atoms with van der Waals surface area (Å²) in [6.45, 7) is 3.84. The van der Waals surface area contributed by atoms with Crippen LogP contribution >= 0.6 is 0 Å². The van der Waals surface area contributed by atoms with Crippen molar-refractivity contribution in [1.29, 1.82) is 0 Å². The van der Waals surface area contributed by atoms with Crippen LogP contribution in [-0.2, 0) is 0 Å². The van der Waals surface area contributed by atoms with E-state index in [0.717, 1.165) is 5.56 Å². The van der Waals surface area contributed by atoms with Gasteiger partial charge >= 0.3 is 0 Å². The second-order valence-corrected chi connectivity index (χ2v) is 3.46. The zero-order valence-electron chi connectivity index (χ0n) is 8.51. The van der Waals surface area contributed by atoms with Crippen LogP contribution in [0.15, 0.2) is 35.3 Å². The molecule has 0 aliphatic carbocycles. The Morgan fingerprint density at radius 2 is 1.86 bits per heavy atom. The van der Waals surface area contributed by atoms with Crippen LogP contribution < -0.4 is 5.73 Å². The number of rotatable bonds is 3. The molecule has 0 heterocycles. The Labute approximate surface area is 84.3 Å². The Hall–Kier alpha value is -1.35. The molecule has 1 aromatic rings. The van der Waals surface area contributed by atoms with Crippen LogP contribution in [-0.4, -0.2) is 17.0 Å². The minimum atomic E-state index is -0.793. The van der Waals surface area contributed by atoms with E-state index in [0.29, 0.717) is 0 Å². The summed E-state index contributed by atoms with van der Waals surface area (Å²) in [5.74, 6) is 0.270. The molecule has 3 heteroatoms. The number of hydrogen-bond acceptors (Lipinski definition) is 2. The summed E-state index contributed by atoms with van der Waals surface area (Å²) in [7, 11) is 0. The molecule has 0 aliphatic rings. The van der Waals surface area contributed by atoms with Gasteiger partial charge in [0.2, 0.25) is 0 Å². The molecule has 0 aromatic heterocycles. The molecule has 14 heavy (non-hydrogen) atoms. The Bertz CT molecular complexity index is 306. The van der Waals surface area contributed by atoms with Crippen molar-refractivity contribution in [2.75, 3.05) is 0 Å². The number of nitrogens with two attached hydrogens (primary N) is 1. The first kappa shape index (κ1) is 10.7. The molecular formula is C11H16N2O. The molecule has 76 valence electrons. The van der Waals surface area contributed by atoms with Gasteiger partial charge in [0.05, 0.1) is 0 Å². The SMILES string of the molecule is CC(C)N=C(N)C(O)c1ccccc1. The summed E-state index contributed by atoms with van der Waals surface area (Å²) >= 11 is 0. The van der Waals surface area contributed by atoms with E-state index in [1.165, 1.54) is 0 Å². The number of aliphatic hydroxyl groups is 1. The van der Waals surface area contributed by atoms with E-state index < -0.39 is 6.10 Å². The summed E-state index contributed by atoms with van der Waals surface area (Å²) in [5, 5.41) is 9.78. The van der Waals surface area contributed by atoms with Crippen molar-refractivity contribution >= 4 is 5.84 Å². The van der Waals surface area contributed by atoms with E-state index in [4.69, 9.17) is 5.73 Å². The minimum absolute atomic E-state index is 0.105. The van der Waals surface area contributed by atoms with E-state index in [2.05, 4.69) is 4.99 Å². The Morgan fingerprint density at radius 1 is 1.29 bits per heavy atom. The molecule has 3 nitrogen and oxygen atoms in total. The lowest BCUT2D eigenvalue weighted by molar-refractivity contribution is 0.245. The number of hydrogen-bond donors (Lipinski definition) is 2. The van der Waals surface area contributed by atoms with Gasteiger partial charge in [0.1, 0.15) is 11.9 Å². The highest BCUT2D eigenvalue weighted by molar-refractivity contribution is 5.85. The molecule has 3 N–H and O–H groups in total. The largest absolute Gasteiger partial charge is 0.385 e. The van der Waals surface area contributed by atoms with Crippen molar-refractivity contribution in [3.8, 4) is 0 Å². The molecule has 0 amide bonds. The van der Waals surface area contributed by atoms with Gasteiger partial charge in [-0.25, -0.2) is 0 Å². The second kappa shape index (κ2) is 4.77. The molecule has 0 bridgehead atoms. The van der Waals surface area contributed by atoms with Crippen LogP contribution in [0.5, 0.6) is 0 Å². The minimum Gasteiger partial charge on any atom is -0.385 e. The van der Waals surface area contributed by atoms with Gasteiger partial charge < -0.3 is 10.8 Å². The van der Waals surface area contributed by atoms with Gasteiger partial charge in [-0.15, -0.1) is 0 Å². The first-order valence-electron chi connectivity index (χ1n) is 4.67. The van der Waals surface area contributed by atoms with E-state index in [9.17, 15) is 5.11 Å². The average Bonchev–Trinajstić information content (AvgIpc) is 2.17. The number of aliphatic imine (C=N–C) groups is 1. The van der Waals surface area contributed by atoms with Gasteiger partial charge in [0.15, 0.2) is 0 Å². The summed E-state index contributed by atoms with van der Waals surface area (Å²) in [5.41, 5.74) is 6.42. The van der Waals surface area contributed by atoms with Crippen LogP contribution in [0, 0.1) is 0 Å². The molecular weight excluding hydrogens is 176 g/mol. The highest BCUT2D eigenvalue weighted by Gasteiger charge is 2.11. The van der Waals surface area contributed by atoms with Crippen LogP contribution in [0.2, 0.25) is 0 Å². The molecule has 0 saturated carbocycles. The topological polar surface area (TPSA) is 58.6 Å². The lowest BCUT2D eigenvalue weighted by Crippen LogP contribution is -2.23. The van der Waals surface area contributed by atoms with Gasteiger partial charge in [0.25, 0.3) is 0 Å². The normalized spacial score (nSPS) is 14.4. The fraction of sp³-hybridized carbons (Fsp3) is 0.364. The van der Waals surface area contributed by atoms with Crippen LogP contribution in [0.4, 0.5) is 0 Å². The monoisotopic (exact) mass is 192 g/mol. The number of nitrogens with zero attached hydrogens (tertiary/aromatic N) is 1. The fourth-order valence-corrected chi connectivity index (χ4v) is 1.17. The zero-order chi connectivity index (χ0) is 10.6. The molecule has 1 atom stereocenters. The highest BCUT2D eigenvalue weighted by Crippen LogP contribution is 2.12. The number of amidine groups is 1. The van der Waals surface area contributed by atoms with Crippen molar-refractivity contribution < 1.29 is 5.11 Å². The second-order valence-electron chi connectivity index (χ2n) is 3.46. The molecule has 0 spiro atoms. The molecule has 1 unspecified atom stereocenters. The first-order chi connectivity index (χ1) is 6.61. The zero-order valence-corrected chi connectivity index (χ0v) is 8.51. The van der Waals surface area contributed by atoms with Crippen LogP contribution in [0.3, 0.4) is 0 Å². The maximum atomic E-state index is 9.78. The van der Waals surface area contributed by atoms with Gasteiger partial charge in [-0.05, 0) is 19.4 Å². The van der Waals surface area contributed by atoms with Gasteiger partial charge in [0, 0.05) is 6.04 Å². The Kier molecular flexibility index (Phi) is 3.65. The van der Waals surface area contributed by atoms with E-state index in [1.54, 1.807) is 0 Å². The third kappa shape index (κ3) is 2.85. The molecule has 1 aromatic carbocycles. The lowest BCUT2D eigenvalue weighted by atomic mass is 10.1. The number of aliphatic hydroxyl groups excluding tert-OH is 1. The standard InChI is InChI=1S/C11H16N2O/c1-8(2)13-11(12)10(14)9-6-4-3-5-7-9/h3-8,10,14H,1-2H3,(H2,12,13). The predicted molar refractivity (Wildman–Crippen MR) is 58.2 cm³/mol. The summed E-state index contributed by atoms with van der Waals surface area (Å²) in [4.78, 5) is 4.10. The van der Waals surface area contributed by atoms with Crippen molar-refractivity contribution in [1.82, 2.24) is 0 Å². The van der Waals surface area contributed by atoms with Crippen molar-refractivity contribution in [3.63, 3.8) is 0 Å². The molecule has 1 rings (SSSR count). The Balaban J connectivity index is 2.81. The van der Waals surface area contributed by atoms with Gasteiger partial charge in [-0.2, -0.15) is 0 Å². The molecule has 0 saturated heterocycles. The van der Waals surface area contributed by atoms with E-state index in [1.807, 2.05) is 44.2 Å². The van der Waals surface area contributed by atoms with Crippen molar-refractivity contribution in [3.05, 3.63) is 35.9 Å². The van der Waals surface area contributed by atoms with Crippen LogP contribution in [0.25, 0.3) is 0 Å². The third-order valence-electron chi connectivity index (χ3n) is 1.80. The van der Waals surface area contributed by atoms with E-state index in [-0.39, 0.29) is 11.9 Å². The Morgan fingerprint density at radius 3 is 2.36 bits per heavy atom. The third-order valence-corrected chi connectivity index (χ3v) is 1.80. The smallest absolute Gasteiger partial charge is 0.136 e. The van der Waals surface area contributed by atoms with Crippen LogP contribution in [0.1, 0.15) is 25.5 Å². The average molecular weight is 192 g/mol. The van der Waals surface area contributed by atoms with Crippen molar-refractivity contribution in [2.45, 2.75) is 26.0 Å². The summed E-state index contributed by atoms with van der Waals surface area (Å²) < 4.78 is 0. The number of benzene rings is 1. The highest BCUT2D eigenvalue weighted by atomic mass is 16.3. The molecule has 0 aliphatic heterocycles. The predicted octanol–water partition coefficient (Wildman–Crippen LogP) is 1.49. The van der Waals surface area contributed by atoms with Crippen molar-refractivity contribution in [2.24, 2.45) is 10.7 Å². The summed E-state index contributed by atoms with van der Waals surface area (Å²) in [6, 6.07) is 9.38. The van der Waals surface area contributed by atoms with Gasteiger partial charge in [-0.3, -0.25) is 4.99 Å². The quantitative estimate of drug-likeness (QED) is 0.563.